The number of halogens is 1. The molecule has 0 aromatic heterocycles. The molecule has 1 heteroatoms. The monoisotopic (exact) mass is 150 g/mol. The van der Waals surface area contributed by atoms with Gasteiger partial charge in [-0.2, -0.15) is 0 Å². The number of hydrogen-bond acceptors (Lipinski definition) is 0. The molecule has 0 N–H and O–H groups in total. The molecular weight excluding hydrogens is 139 g/mol. The Bertz CT molecular complexity index is 214. The van der Waals surface area contributed by atoms with E-state index in [9.17, 15) is 4.39 Å². The average molecular weight is 150 g/mol. The van der Waals surface area contributed by atoms with E-state index in [2.05, 4.69) is 0 Å². The second-order valence-electron chi connectivity index (χ2n) is 2.32. The van der Waals surface area contributed by atoms with E-state index in [1.807, 2.05) is 36.4 Å². The highest BCUT2D eigenvalue weighted by molar-refractivity contribution is 5.17. The lowest BCUT2D eigenvalue weighted by Crippen LogP contribution is -1.78. The summed E-state index contributed by atoms with van der Waals surface area (Å²) in [7, 11) is 0. The molecule has 0 nitrogen and oxygen atoms in total. The van der Waals surface area contributed by atoms with Crippen LogP contribution in [0, 0.1) is 0 Å². The maximum atomic E-state index is 11.6. The van der Waals surface area contributed by atoms with Gasteiger partial charge < -0.3 is 0 Å². The van der Waals surface area contributed by atoms with E-state index in [0.29, 0.717) is 0 Å². The first-order valence-electron chi connectivity index (χ1n) is 3.68. The molecule has 0 amide bonds. The summed E-state index contributed by atoms with van der Waals surface area (Å²) < 4.78 is 11.6. The molecule has 0 unspecified atom stereocenters. The van der Waals surface area contributed by atoms with Crippen LogP contribution in [0.3, 0.4) is 0 Å². The zero-order valence-electron chi connectivity index (χ0n) is 6.33. The van der Waals surface area contributed by atoms with E-state index in [1.54, 1.807) is 0 Å². The molecule has 58 valence electrons. The maximum absolute atomic E-state index is 11.6. The Kier molecular flexibility index (Phi) is 3.39. The molecule has 0 aliphatic rings. The van der Waals surface area contributed by atoms with Gasteiger partial charge in [0.15, 0.2) is 0 Å². The molecule has 0 aliphatic carbocycles. The Balaban J connectivity index is 2.45. The lowest BCUT2D eigenvalue weighted by Gasteiger charge is -1.92. The number of hydrogen-bond donors (Lipinski definition) is 0. The number of benzene rings is 1. The minimum atomic E-state index is -0.368. The first kappa shape index (κ1) is 7.99. The zero-order chi connectivity index (χ0) is 7.94. The quantitative estimate of drug-likeness (QED) is 0.581. The van der Waals surface area contributed by atoms with E-state index in [-0.39, 0.29) is 6.67 Å². The van der Waals surface area contributed by atoms with Gasteiger partial charge in [-0.3, -0.25) is 0 Å². The summed E-state index contributed by atoms with van der Waals surface area (Å²) in [5.74, 6) is 0. The number of alkyl halides is 1. The van der Waals surface area contributed by atoms with Crippen molar-refractivity contribution in [2.45, 2.75) is 6.42 Å². The summed E-state index contributed by atoms with van der Waals surface area (Å²) in [6.45, 7) is -0.368. The van der Waals surface area contributed by atoms with Crippen molar-refractivity contribution in [3.63, 3.8) is 0 Å². The average Bonchev–Trinajstić information content (AvgIpc) is 2.07. The van der Waals surface area contributed by atoms with Crippen molar-refractivity contribution in [2.24, 2.45) is 0 Å². The highest BCUT2D eigenvalue weighted by atomic mass is 19.1. The van der Waals surface area contributed by atoms with Gasteiger partial charge in [0.1, 0.15) is 6.67 Å². The number of rotatable bonds is 3. The molecule has 0 atom stereocenters. The number of allylic oxidation sites excluding steroid dienone is 2. The fraction of sp³-hybridized carbons (Fsp3) is 0.200. The van der Waals surface area contributed by atoms with Crippen molar-refractivity contribution in [2.75, 3.05) is 6.67 Å². The minimum Gasteiger partial charge on any atom is -0.247 e. The molecule has 0 spiro atoms. The van der Waals surface area contributed by atoms with Crippen LogP contribution in [0.25, 0.3) is 0 Å². The second-order valence-corrected chi connectivity index (χ2v) is 2.32. The highest BCUT2D eigenvalue weighted by Crippen LogP contribution is 1.99. The molecule has 0 radical (unpaired) electrons. The molecule has 11 heavy (non-hydrogen) atoms. The van der Waals surface area contributed by atoms with Crippen LogP contribution >= 0.6 is 0 Å². The molecule has 0 heterocycles. The largest absolute Gasteiger partial charge is 0.247 e. The normalized spacial score (nSPS) is 10.6. The van der Waals surface area contributed by atoms with Gasteiger partial charge in [-0.25, -0.2) is 4.39 Å². The van der Waals surface area contributed by atoms with Gasteiger partial charge in [0.05, 0.1) is 0 Å². The molecule has 1 aromatic rings. The first-order valence-corrected chi connectivity index (χ1v) is 3.68. The zero-order valence-corrected chi connectivity index (χ0v) is 6.33. The Labute approximate surface area is 66.4 Å². The van der Waals surface area contributed by atoms with Crippen LogP contribution in [0.1, 0.15) is 5.56 Å². The molecule has 0 aliphatic heterocycles. The van der Waals surface area contributed by atoms with Crippen LogP contribution in [0.2, 0.25) is 0 Å². The van der Waals surface area contributed by atoms with Crippen molar-refractivity contribution in [1.29, 1.82) is 0 Å². The molecule has 1 aromatic carbocycles. The van der Waals surface area contributed by atoms with Crippen LogP contribution < -0.4 is 0 Å². The third-order valence-electron chi connectivity index (χ3n) is 1.45. The summed E-state index contributed by atoms with van der Waals surface area (Å²) in [4.78, 5) is 0. The Morgan fingerprint density at radius 2 is 1.82 bits per heavy atom. The van der Waals surface area contributed by atoms with Gasteiger partial charge >= 0.3 is 0 Å². The van der Waals surface area contributed by atoms with Crippen molar-refractivity contribution in [3.05, 3.63) is 48.0 Å². The molecule has 0 saturated carbocycles. The van der Waals surface area contributed by atoms with Gasteiger partial charge in [-0.05, 0) is 12.0 Å². The van der Waals surface area contributed by atoms with Crippen molar-refractivity contribution in [3.8, 4) is 0 Å². The van der Waals surface area contributed by atoms with Crippen LogP contribution in [0.15, 0.2) is 42.5 Å². The lowest BCUT2D eigenvalue weighted by molar-refractivity contribution is 0.561. The predicted molar refractivity (Wildman–Crippen MR) is 45.3 cm³/mol. The Hall–Kier alpha value is -1.11. The van der Waals surface area contributed by atoms with Gasteiger partial charge in [-0.15, -0.1) is 0 Å². The van der Waals surface area contributed by atoms with Crippen LogP contribution in [-0.4, -0.2) is 6.67 Å². The van der Waals surface area contributed by atoms with Crippen molar-refractivity contribution in [1.82, 2.24) is 0 Å². The fourth-order valence-electron chi connectivity index (χ4n) is 0.897. The molecule has 0 saturated heterocycles. The maximum Gasteiger partial charge on any atom is 0.108 e. The van der Waals surface area contributed by atoms with Gasteiger partial charge in [0.2, 0.25) is 0 Å². The van der Waals surface area contributed by atoms with Crippen molar-refractivity contribution < 1.29 is 4.39 Å². The summed E-state index contributed by atoms with van der Waals surface area (Å²) in [6.07, 6.45) is 4.20. The van der Waals surface area contributed by atoms with E-state index in [1.165, 1.54) is 11.6 Å². The van der Waals surface area contributed by atoms with Gasteiger partial charge in [-0.1, -0.05) is 42.5 Å². The standard InChI is InChI=1S/C10H11F/c11-9-5-4-8-10-6-2-1-3-7-10/h1-7H,8-9H2. The third kappa shape index (κ3) is 2.99. The van der Waals surface area contributed by atoms with Crippen LogP contribution in [0.4, 0.5) is 4.39 Å². The van der Waals surface area contributed by atoms with E-state index in [0.717, 1.165) is 6.42 Å². The van der Waals surface area contributed by atoms with E-state index >= 15 is 0 Å². The van der Waals surface area contributed by atoms with E-state index in [4.69, 9.17) is 0 Å². The van der Waals surface area contributed by atoms with Gasteiger partial charge in [0, 0.05) is 0 Å². The van der Waals surface area contributed by atoms with Crippen molar-refractivity contribution >= 4 is 0 Å². The molecule has 0 fully saturated rings. The summed E-state index contributed by atoms with van der Waals surface area (Å²) >= 11 is 0. The fourth-order valence-corrected chi connectivity index (χ4v) is 0.897. The minimum absolute atomic E-state index is 0.368. The lowest BCUT2D eigenvalue weighted by atomic mass is 10.1. The van der Waals surface area contributed by atoms with E-state index < -0.39 is 0 Å². The Morgan fingerprint density at radius 1 is 1.09 bits per heavy atom. The van der Waals surface area contributed by atoms with Crippen LogP contribution in [-0.2, 0) is 6.42 Å². The summed E-state index contributed by atoms with van der Waals surface area (Å²) in [5.41, 5.74) is 1.22. The SMILES string of the molecule is FCC=CCc1ccccc1. The van der Waals surface area contributed by atoms with Gasteiger partial charge in [0.25, 0.3) is 0 Å². The predicted octanol–water partition coefficient (Wildman–Crippen LogP) is 2.75. The first-order chi connectivity index (χ1) is 5.43. The molecule has 0 bridgehead atoms. The molecular formula is C10H11F. The second kappa shape index (κ2) is 4.67. The van der Waals surface area contributed by atoms with Crippen LogP contribution in [0.5, 0.6) is 0 Å². The third-order valence-corrected chi connectivity index (χ3v) is 1.45. The Morgan fingerprint density at radius 3 is 2.45 bits per heavy atom. The smallest absolute Gasteiger partial charge is 0.108 e. The summed E-state index contributed by atoms with van der Waals surface area (Å²) in [6, 6.07) is 10.0. The topological polar surface area (TPSA) is 0 Å². The highest BCUT2D eigenvalue weighted by Gasteiger charge is 1.84. The molecule has 1 rings (SSSR count). The summed E-state index contributed by atoms with van der Waals surface area (Å²) in [5, 5.41) is 0.